The second-order valence-electron chi connectivity index (χ2n) is 11.4. The molecule has 1 aromatic heterocycles. The van der Waals surface area contributed by atoms with E-state index in [-0.39, 0.29) is 17.5 Å². The number of anilines is 1. The number of halogens is 1. The summed E-state index contributed by atoms with van der Waals surface area (Å²) in [7, 11) is 0. The van der Waals surface area contributed by atoms with Gasteiger partial charge in [-0.3, -0.25) is 4.79 Å². The summed E-state index contributed by atoms with van der Waals surface area (Å²) < 4.78 is 20.3. The van der Waals surface area contributed by atoms with Crippen LogP contribution in [0.1, 0.15) is 76.6 Å². The van der Waals surface area contributed by atoms with Gasteiger partial charge in [-0.05, 0) is 108 Å². The average Bonchev–Trinajstić information content (AvgIpc) is 2.95. The van der Waals surface area contributed by atoms with Crippen LogP contribution in [0.15, 0.2) is 30.7 Å². The van der Waals surface area contributed by atoms with Crippen LogP contribution in [0.5, 0.6) is 11.5 Å². The highest BCUT2D eigenvalue weighted by atomic mass is 32.2. The first-order chi connectivity index (χ1) is 19.4. The molecule has 0 unspecified atom stereocenters. The summed E-state index contributed by atoms with van der Waals surface area (Å²) >= 11 is 2.14. The van der Waals surface area contributed by atoms with Gasteiger partial charge < -0.3 is 19.9 Å². The first-order valence-electron chi connectivity index (χ1n) is 15.0. The molecule has 2 aliphatic rings. The molecule has 2 heterocycles. The number of rotatable bonds is 12. The Labute approximate surface area is 243 Å². The first-order valence-corrected chi connectivity index (χ1v) is 16.1. The SMILES string of the molecule is CCSC1CCC(CN2CCC(CNc3ncncc3Oc3ccc(F)cc3C(=O)N(CC)C(C)C)CC2)CC1. The van der Waals surface area contributed by atoms with E-state index in [1.165, 1.54) is 62.5 Å². The van der Waals surface area contributed by atoms with E-state index >= 15 is 0 Å². The summed E-state index contributed by atoms with van der Waals surface area (Å²) in [4.78, 5) is 26.1. The fourth-order valence-electron chi connectivity index (χ4n) is 6.00. The van der Waals surface area contributed by atoms with E-state index in [1.807, 2.05) is 20.8 Å². The number of benzene rings is 1. The number of likely N-dealkylation sites (tertiary alicyclic amines) is 1. The Hall–Kier alpha value is -2.39. The molecule has 40 heavy (non-hydrogen) atoms. The summed E-state index contributed by atoms with van der Waals surface area (Å²) in [6, 6.07) is 4.03. The van der Waals surface area contributed by atoms with Crippen molar-refractivity contribution in [1.29, 1.82) is 0 Å². The van der Waals surface area contributed by atoms with Gasteiger partial charge in [-0.2, -0.15) is 11.8 Å². The molecular formula is C31H46FN5O2S. The molecule has 2 aromatic rings. The van der Waals surface area contributed by atoms with Crippen molar-refractivity contribution in [2.45, 2.75) is 77.5 Å². The average molecular weight is 572 g/mol. The summed E-state index contributed by atoms with van der Waals surface area (Å²) in [6.45, 7) is 12.9. The lowest BCUT2D eigenvalue weighted by atomic mass is 9.87. The largest absolute Gasteiger partial charge is 0.451 e. The van der Waals surface area contributed by atoms with Gasteiger partial charge >= 0.3 is 0 Å². The van der Waals surface area contributed by atoms with E-state index in [4.69, 9.17) is 4.74 Å². The van der Waals surface area contributed by atoms with Crippen LogP contribution in [0.4, 0.5) is 10.2 Å². The molecule has 0 radical (unpaired) electrons. The molecule has 1 amide bonds. The number of nitrogens with one attached hydrogen (secondary N) is 1. The Kier molecular flexibility index (Phi) is 11.5. The van der Waals surface area contributed by atoms with Gasteiger partial charge in [0.2, 0.25) is 0 Å². The molecule has 9 heteroatoms. The summed E-state index contributed by atoms with van der Waals surface area (Å²) in [6.07, 6.45) is 10.9. The zero-order chi connectivity index (χ0) is 28.5. The zero-order valence-electron chi connectivity index (χ0n) is 24.6. The van der Waals surface area contributed by atoms with Crippen LogP contribution in [-0.4, -0.2) is 75.4 Å². The number of piperidine rings is 1. The minimum atomic E-state index is -0.479. The van der Waals surface area contributed by atoms with Gasteiger partial charge in [0.25, 0.3) is 5.91 Å². The highest BCUT2D eigenvalue weighted by Gasteiger charge is 2.26. The fraction of sp³-hybridized carbons (Fsp3) is 0.645. The third-order valence-electron chi connectivity index (χ3n) is 8.27. The normalized spacial score (nSPS) is 20.4. The molecule has 1 aliphatic heterocycles. The predicted octanol–water partition coefficient (Wildman–Crippen LogP) is 6.71. The molecule has 1 N–H and O–H groups in total. The van der Waals surface area contributed by atoms with Crippen LogP contribution in [0.3, 0.4) is 0 Å². The fourth-order valence-corrected chi connectivity index (χ4v) is 7.07. The van der Waals surface area contributed by atoms with Crippen molar-refractivity contribution in [3.8, 4) is 11.5 Å². The summed E-state index contributed by atoms with van der Waals surface area (Å²) in [5.41, 5.74) is 0.190. The molecular weight excluding hydrogens is 525 g/mol. The highest BCUT2D eigenvalue weighted by Crippen LogP contribution is 2.34. The number of thioether (sulfide) groups is 1. The molecule has 220 valence electrons. The van der Waals surface area contributed by atoms with E-state index in [0.29, 0.717) is 29.8 Å². The molecule has 7 nitrogen and oxygen atoms in total. The van der Waals surface area contributed by atoms with Gasteiger partial charge in [-0.1, -0.05) is 6.92 Å². The molecule has 2 fully saturated rings. The Morgan fingerprint density at radius 3 is 2.55 bits per heavy atom. The monoisotopic (exact) mass is 571 g/mol. The van der Waals surface area contributed by atoms with E-state index in [9.17, 15) is 9.18 Å². The molecule has 1 saturated carbocycles. The van der Waals surface area contributed by atoms with Crippen molar-refractivity contribution in [3.63, 3.8) is 0 Å². The standard InChI is InChI=1S/C31H46FN5O2S/c1-5-37(22(3)4)31(38)27-17-25(32)9-12-28(27)39-29-19-33-21-35-30(29)34-18-23-13-15-36(16-14-23)20-24-7-10-26(11-8-24)40-6-2/h9,12,17,19,21-24,26H,5-8,10-11,13-16,18,20H2,1-4H3,(H,33,34,35). The number of carbonyl (C=O) groups is 1. The molecule has 1 aliphatic carbocycles. The Bertz CT molecular complexity index is 1090. The summed E-state index contributed by atoms with van der Waals surface area (Å²) in [5, 5.41) is 4.35. The van der Waals surface area contributed by atoms with Gasteiger partial charge in [0.1, 0.15) is 17.9 Å². The number of aromatic nitrogens is 2. The number of carbonyl (C=O) groups excluding carboxylic acids is 1. The van der Waals surface area contributed by atoms with Crippen LogP contribution in [0, 0.1) is 17.7 Å². The van der Waals surface area contributed by atoms with Crippen LogP contribution >= 0.6 is 11.8 Å². The van der Waals surface area contributed by atoms with Crippen LogP contribution in [-0.2, 0) is 0 Å². The maximum absolute atomic E-state index is 14.2. The van der Waals surface area contributed by atoms with E-state index in [1.54, 1.807) is 11.1 Å². The third kappa shape index (κ3) is 8.32. The van der Waals surface area contributed by atoms with Crippen molar-refractivity contribution in [3.05, 3.63) is 42.1 Å². The maximum Gasteiger partial charge on any atom is 0.257 e. The van der Waals surface area contributed by atoms with Crippen LogP contribution in [0.25, 0.3) is 0 Å². The van der Waals surface area contributed by atoms with Crippen LogP contribution in [0.2, 0.25) is 0 Å². The van der Waals surface area contributed by atoms with Crippen molar-refractivity contribution in [2.75, 3.05) is 43.8 Å². The predicted molar refractivity (Wildman–Crippen MR) is 162 cm³/mol. The second-order valence-corrected chi connectivity index (χ2v) is 13.0. The van der Waals surface area contributed by atoms with Gasteiger partial charge in [0.15, 0.2) is 11.6 Å². The second kappa shape index (κ2) is 15.0. The van der Waals surface area contributed by atoms with Crippen molar-refractivity contribution < 1.29 is 13.9 Å². The number of hydrogen-bond acceptors (Lipinski definition) is 7. The molecule has 0 bridgehead atoms. The molecule has 1 saturated heterocycles. The Morgan fingerprint density at radius 1 is 1.12 bits per heavy atom. The lowest BCUT2D eigenvalue weighted by molar-refractivity contribution is 0.0713. The number of amides is 1. The molecule has 4 rings (SSSR count). The van der Waals surface area contributed by atoms with Crippen molar-refractivity contribution in [2.24, 2.45) is 11.8 Å². The first kappa shape index (κ1) is 30.6. The zero-order valence-corrected chi connectivity index (χ0v) is 25.4. The van der Waals surface area contributed by atoms with E-state index < -0.39 is 5.82 Å². The molecule has 1 aromatic carbocycles. The minimum Gasteiger partial charge on any atom is -0.451 e. The van der Waals surface area contributed by atoms with E-state index in [2.05, 4.69) is 38.9 Å². The highest BCUT2D eigenvalue weighted by molar-refractivity contribution is 7.99. The quantitative estimate of drug-likeness (QED) is 0.303. The maximum atomic E-state index is 14.2. The van der Waals surface area contributed by atoms with Gasteiger partial charge in [-0.25, -0.2) is 14.4 Å². The lowest BCUT2D eigenvalue weighted by Gasteiger charge is -2.36. The minimum absolute atomic E-state index is 0.0164. The number of ether oxygens (including phenoxy) is 1. The van der Waals surface area contributed by atoms with Crippen LogP contribution < -0.4 is 10.1 Å². The number of hydrogen-bond donors (Lipinski definition) is 1. The number of nitrogens with zero attached hydrogens (tertiary/aromatic N) is 4. The molecule has 0 atom stereocenters. The van der Waals surface area contributed by atoms with Crippen molar-refractivity contribution in [1.82, 2.24) is 19.8 Å². The molecule has 0 spiro atoms. The smallest absolute Gasteiger partial charge is 0.257 e. The Balaban J connectivity index is 1.31. The third-order valence-corrected chi connectivity index (χ3v) is 9.55. The van der Waals surface area contributed by atoms with Gasteiger partial charge in [0, 0.05) is 30.9 Å². The van der Waals surface area contributed by atoms with Gasteiger partial charge in [0.05, 0.1) is 11.8 Å². The topological polar surface area (TPSA) is 70.6 Å². The van der Waals surface area contributed by atoms with E-state index in [0.717, 1.165) is 43.6 Å². The Morgan fingerprint density at radius 2 is 1.88 bits per heavy atom. The lowest BCUT2D eigenvalue weighted by Crippen LogP contribution is -2.39. The van der Waals surface area contributed by atoms with Crippen molar-refractivity contribution >= 4 is 23.5 Å². The van der Waals surface area contributed by atoms with Gasteiger partial charge in [-0.15, -0.1) is 0 Å². The summed E-state index contributed by atoms with van der Waals surface area (Å²) in [5.74, 6) is 3.20.